The Hall–Kier alpha value is -2.10. The summed E-state index contributed by atoms with van der Waals surface area (Å²) in [6.07, 6.45) is 4.13. The average Bonchev–Trinajstić information content (AvgIpc) is 3.13. The normalized spacial score (nSPS) is 19.0. The van der Waals surface area contributed by atoms with Crippen LogP contribution in [0.1, 0.15) is 42.1 Å². The lowest BCUT2D eigenvalue weighted by molar-refractivity contribution is 0.227. The summed E-state index contributed by atoms with van der Waals surface area (Å²) in [5.74, 6) is 2.80. The molecule has 1 atom stereocenters. The van der Waals surface area contributed by atoms with Crippen molar-refractivity contribution in [1.82, 2.24) is 9.97 Å². The first-order chi connectivity index (χ1) is 10.3. The van der Waals surface area contributed by atoms with E-state index in [2.05, 4.69) is 24.4 Å². The van der Waals surface area contributed by atoms with Crippen LogP contribution in [0.5, 0.6) is 5.75 Å². The highest BCUT2D eigenvalue weighted by Crippen LogP contribution is 2.36. The van der Waals surface area contributed by atoms with Gasteiger partial charge in [-0.1, -0.05) is 18.2 Å². The summed E-state index contributed by atoms with van der Waals surface area (Å²) in [4.78, 5) is 9.54. The molecule has 0 fully saturated rings. The third-order valence-electron chi connectivity index (χ3n) is 4.23. The SMILES string of the molecule is CCNc1nc(C2Cc3ccccc3O2)nc2c1CCC2. The molecule has 2 aromatic rings. The van der Waals surface area contributed by atoms with Crippen molar-refractivity contribution in [3.05, 3.63) is 46.9 Å². The van der Waals surface area contributed by atoms with Crippen LogP contribution in [0.3, 0.4) is 0 Å². The smallest absolute Gasteiger partial charge is 0.172 e. The molecule has 0 radical (unpaired) electrons. The fraction of sp³-hybridized carbons (Fsp3) is 0.412. The van der Waals surface area contributed by atoms with Gasteiger partial charge in [-0.25, -0.2) is 9.97 Å². The zero-order valence-corrected chi connectivity index (χ0v) is 12.2. The molecule has 1 unspecified atom stereocenters. The first-order valence-corrected chi connectivity index (χ1v) is 7.73. The Morgan fingerprint density at radius 3 is 3.00 bits per heavy atom. The molecule has 1 aliphatic heterocycles. The minimum atomic E-state index is -0.0503. The minimum absolute atomic E-state index is 0.0503. The Balaban J connectivity index is 1.69. The summed E-state index contributed by atoms with van der Waals surface area (Å²) in [5.41, 5.74) is 3.75. The van der Waals surface area contributed by atoms with Gasteiger partial charge in [0.2, 0.25) is 0 Å². The maximum Gasteiger partial charge on any atom is 0.172 e. The molecule has 4 nitrogen and oxygen atoms in total. The van der Waals surface area contributed by atoms with Gasteiger partial charge in [0.25, 0.3) is 0 Å². The van der Waals surface area contributed by atoms with Crippen molar-refractivity contribution >= 4 is 5.82 Å². The van der Waals surface area contributed by atoms with Gasteiger partial charge in [0.15, 0.2) is 11.9 Å². The van der Waals surface area contributed by atoms with Crippen LogP contribution in [-0.2, 0) is 19.3 Å². The molecule has 0 bridgehead atoms. The molecule has 0 spiro atoms. The van der Waals surface area contributed by atoms with E-state index in [1.807, 2.05) is 12.1 Å². The molecule has 0 amide bonds. The van der Waals surface area contributed by atoms with Crippen molar-refractivity contribution in [2.45, 2.75) is 38.7 Å². The van der Waals surface area contributed by atoms with E-state index >= 15 is 0 Å². The van der Waals surface area contributed by atoms with Gasteiger partial charge in [0.1, 0.15) is 11.6 Å². The minimum Gasteiger partial charge on any atom is -0.482 e. The second kappa shape index (κ2) is 5.02. The molecule has 4 heteroatoms. The van der Waals surface area contributed by atoms with Crippen LogP contribution in [0.2, 0.25) is 0 Å². The van der Waals surface area contributed by atoms with Gasteiger partial charge in [-0.05, 0) is 37.8 Å². The number of benzene rings is 1. The van der Waals surface area contributed by atoms with E-state index in [0.29, 0.717) is 0 Å². The number of aromatic nitrogens is 2. The first kappa shape index (κ1) is 12.6. The summed E-state index contributed by atoms with van der Waals surface area (Å²) in [6.45, 7) is 2.99. The van der Waals surface area contributed by atoms with Crippen LogP contribution in [0, 0.1) is 0 Å². The monoisotopic (exact) mass is 281 g/mol. The number of nitrogens with zero attached hydrogens (tertiary/aromatic N) is 2. The number of anilines is 1. The van der Waals surface area contributed by atoms with E-state index < -0.39 is 0 Å². The number of fused-ring (bicyclic) bond motifs is 2. The van der Waals surface area contributed by atoms with Crippen LogP contribution < -0.4 is 10.1 Å². The summed E-state index contributed by atoms with van der Waals surface area (Å²) in [7, 11) is 0. The number of rotatable bonds is 3. The van der Waals surface area contributed by atoms with Gasteiger partial charge >= 0.3 is 0 Å². The van der Waals surface area contributed by atoms with Crippen LogP contribution in [-0.4, -0.2) is 16.5 Å². The Kier molecular flexibility index (Phi) is 3.02. The van der Waals surface area contributed by atoms with Crippen LogP contribution in [0.15, 0.2) is 24.3 Å². The van der Waals surface area contributed by atoms with E-state index in [9.17, 15) is 0 Å². The van der Waals surface area contributed by atoms with Crippen molar-refractivity contribution in [3.8, 4) is 5.75 Å². The summed E-state index contributed by atoms with van der Waals surface area (Å²) in [5, 5.41) is 3.39. The maximum atomic E-state index is 6.03. The van der Waals surface area contributed by atoms with Crippen molar-refractivity contribution < 1.29 is 4.74 Å². The summed E-state index contributed by atoms with van der Waals surface area (Å²) in [6, 6.07) is 8.20. The lowest BCUT2D eigenvalue weighted by Gasteiger charge is -2.14. The van der Waals surface area contributed by atoms with Crippen molar-refractivity contribution in [2.75, 3.05) is 11.9 Å². The highest BCUT2D eigenvalue weighted by Gasteiger charge is 2.29. The molecule has 1 aromatic carbocycles. The molecule has 2 aliphatic rings. The standard InChI is InChI=1S/C17H19N3O/c1-2-18-16-12-7-5-8-13(12)19-17(20-16)15-10-11-6-3-4-9-14(11)21-15/h3-4,6,9,15H,2,5,7-8,10H2,1H3,(H,18,19,20). The zero-order chi connectivity index (χ0) is 14.2. The maximum absolute atomic E-state index is 6.03. The van der Waals surface area contributed by atoms with Gasteiger partial charge in [-0.2, -0.15) is 0 Å². The molecule has 2 heterocycles. The number of aryl methyl sites for hydroxylation is 1. The Bertz CT molecular complexity index is 659. The molecule has 1 aromatic heterocycles. The number of nitrogens with one attached hydrogen (secondary N) is 1. The predicted octanol–water partition coefficient (Wildman–Crippen LogP) is 3.07. The van der Waals surface area contributed by atoms with Gasteiger partial charge in [-0.15, -0.1) is 0 Å². The topological polar surface area (TPSA) is 47.0 Å². The largest absolute Gasteiger partial charge is 0.482 e. The molecular weight excluding hydrogens is 262 g/mol. The first-order valence-electron chi connectivity index (χ1n) is 7.73. The second-order valence-electron chi connectivity index (χ2n) is 5.66. The zero-order valence-electron chi connectivity index (χ0n) is 12.2. The van der Waals surface area contributed by atoms with Crippen LogP contribution in [0.25, 0.3) is 0 Å². The highest BCUT2D eigenvalue weighted by atomic mass is 16.5. The molecule has 1 N–H and O–H groups in total. The lowest BCUT2D eigenvalue weighted by atomic mass is 10.1. The average molecular weight is 281 g/mol. The third kappa shape index (κ3) is 2.15. The number of hydrogen-bond acceptors (Lipinski definition) is 4. The summed E-state index contributed by atoms with van der Waals surface area (Å²) < 4.78 is 6.03. The molecule has 0 saturated heterocycles. The number of hydrogen-bond donors (Lipinski definition) is 1. The van der Waals surface area contributed by atoms with Gasteiger partial charge in [0, 0.05) is 24.2 Å². The molecule has 1 aliphatic carbocycles. The van der Waals surface area contributed by atoms with E-state index in [4.69, 9.17) is 14.7 Å². The van der Waals surface area contributed by atoms with E-state index in [1.54, 1.807) is 0 Å². The van der Waals surface area contributed by atoms with Gasteiger partial charge in [0.05, 0.1) is 0 Å². The molecule has 4 rings (SSSR count). The highest BCUT2D eigenvalue weighted by molar-refractivity contribution is 5.49. The molecule has 0 saturated carbocycles. The fourth-order valence-electron chi connectivity index (χ4n) is 3.24. The second-order valence-corrected chi connectivity index (χ2v) is 5.66. The summed E-state index contributed by atoms with van der Waals surface area (Å²) >= 11 is 0. The van der Waals surface area contributed by atoms with E-state index in [-0.39, 0.29) is 6.10 Å². The number of ether oxygens (including phenoxy) is 1. The quantitative estimate of drug-likeness (QED) is 0.939. The van der Waals surface area contributed by atoms with E-state index in [1.165, 1.54) is 23.2 Å². The predicted molar refractivity (Wildman–Crippen MR) is 81.7 cm³/mol. The van der Waals surface area contributed by atoms with Crippen molar-refractivity contribution in [2.24, 2.45) is 0 Å². The third-order valence-corrected chi connectivity index (χ3v) is 4.23. The fourth-order valence-corrected chi connectivity index (χ4v) is 3.24. The van der Waals surface area contributed by atoms with Gasteiger partial charge < -0.3 is 10.1 Å². The van der Waals surface area contributed by atoms with Crippen LogP contribution in [0.4, 0.5) is 5.82 Å². The van der Waals surface area contributed by atoms with Crippen molar-refractivity contribution in [1.29, 1.82) is 0 Å². The van der Waals surface area contributed by atoms with Crippen LogP contribution >= 0.6 is 0 Å². The molecule has 21 heavy (non-hydrogen) atoms. The lowest BCUT2D eigenvalue weighted by Crippen LogP contribution is -2.14. The number of para-hydroxylation sites is 1. The van der Waals surface area contributed by atoms with Gasteiger partial charge in [-0.3, -0.25) is 0 Å². The Morgan fingerprint density at radius 2 is 2.14 bits per heavy atom. The molecule has 108 valence electrons. The Morgan fingerprint density at radius 1 is 1.24 bits per heavy atom. The molecular formula is C17H19N3O. The van der Waals surface area contributed by atoms with E-state index in [0.717, 1.165) is 43.2 Å². The van der Waals surface area contributed by atoms with Crippen molar-refractivity contribution in [3.63, 3.8) is 0 Å². The Labute approximate surface area is 124 Å².